The smallest absolute Gasteiger partial charge is 0.264 e. The van der Waals surface area contributed by atoms with E-state index in [-0.39, 0.29) is 5.69 Å². The summed E-state index contributed by atoms with van der Waals surface area (Å²) in [6.07, 6.45) is 0. The third-order valence-electron chi connectivity index (χ3n) is 2.88. The number of halogens is 2. The molecule has 4 nitrogen and oxygen atoms in total. The molecule has 7 heteroatoms. The van der Waals surface area contributed by atoms with Crippen molar-refractivity contribution in [2.75, 3.05) is 4.72 Å². The van der Waals surface area contributed by atoms with E-state index in [1.165, 1.54) is 6.07 Å². The van der Waals surface area contributed by atoms with Crippen LogP contribution in [0.2, 0.25) is 0 Å². The number of nitrogens with two attached hydrogens (primary N) is 1. The Balaban J connectivity index is 2.45. The Morgan fingerprint density at radius 3 is 2.48 bits per heavy atom. The lowest BCUT2D eigenvalue weighted by Crippen LogP contribution is -2.17. The Morgan fingerprint density at radius 1 is 1.14 bits per heavy atom. The Morgan fingerprint density at radius 2 is 1.81 bits per heavy atom. The molecule has 0 aliphatic rings. The second-order valence-electron chi connectivity index (χ2n) is 4.56. The summed E-state index contributed by atoms with van der Waals surface area (Å²) < 4.78 is 53.4. The van der Waals surface area contributed by atoms with E-state index >= 15 is 0 Å². The molecule has 112 valence electrons. The Labute approximate surface area is 121 Å². The molecule has 0 saturated carbocycles. The molecule has 0 spiro atoms. The van der Waals surface area contributed by atoms with E-state index in [0.29, 0.717) is 11.6 Å². The van der Waals surface area contributed by atoms with Crippen LogP contribution in [0, 0.1) is 11.6 Å². The molecule has 2 aromatic carbocycles. The van der Waals surface area contributed by atoms with Gasteiger partial charge >= 0.3 is 0 Å². The highest BCUT2D eigenvalue weighted by atomic mass is 32.2. The molecule has 0 radical (unpaired) electrons. The topological polar surface area (TPSA) is 72.2 Å². The van der Waals surface area contributed by atoms with Gasteiger partial charge in [0, 0.05) is 6.04 Å². The first-order valence-corrected chi connectivity index (χ1v) is 7.62. The van der Waals surface area contributed by atoms with Crippen molar-refractivity contribution in [3.8, 4) is 0 Å². The van der Waals surface area contributed by atoms with Crippen LogP contribution < -0.4 is 10.5 Å². The number of nitrogens with one attached hydrogen (secondary N) is 1. The van der Waals surface area contributed by atoms with Crippen molar-refractivity contribution >= 4 is 15.7 Å². The molecule has 21 heavy (non-hydrogen) atoms. The van der Waals surface area contributed by atoms with E-state index < -0.39 is 32.6 Å². The summed E-state index contributed by atoms with van der Waals surface area (Å²) in [5, 5.41) is 0. The van der Waals surface area contributed by atoms with Crippen LogP contribution in [0.25, 0.3) is 0 Å². The molecule has 0 bridgehead atoms. The van der Waals surface area contributed by atoms with E-state index in [1.807, 2.05) is 0 Å². The van der Waals surface area contributed by atoms with Gasteiger partial charge in [-0.3, -0.25) is 4.72 Å². The summed E-state index contributed by atoms with van der Waals surface area (Å²) in [5.74, 6) is -1.86. The highest BCUT2D eigenvalue weighted by molar-refractivity contribution is 7.92. The van der Waals surface area contributed by atoms with Crippen LogP contribution in [0.5, 0.6) is 0 Å². The van der Waals surface area contributed by atoms with Gasteiger partial charge in [-0.25, -0.2) is 17.2 Å². The number of sulfonamides is 1. The van der Waals surface area contributed by atoms with Crippen molar-refractivity contribution in [3.63, 3.8) is 0 Å². The van der Waals surface area contributed by atoms with Crippen molar-refractivity contribution < 1.29 is 17.2 Å². The molecule has 0 aliphatic heterocycles. The molecule has 2 rings (SSSR count). The van der Waals surface area contributed by atoms with Crippen LogP contribution in [0.3, 0.4) is 0 Å². The van der Waals surface area contributed by atoms with Crippen LogP contribution in [0.4, 0.5) is 14.5 Å². The first kappa shape index (κ1) is 15.4. The van der Waals surface area contributed by atoms with Crippen LogP contribution in [0.15, 0.2) is 47.4 Å². The maximum atomic E-state index is 13.6. The molecule has 1 unspecified atom stereocenters. The average molecular weight is 312 g/mol. The quantitative estimate of drug-likeness (QED) is 0.912. The number of para-hydroxylation sites is 1. The largest absolute Gasteiger partial charge is 0.324 e. The number of hydrogen-bond donors (Lipinski definition) is 2. The predicted molar refractivity (Wildman–Crippen MR) is 76.2 cm³/mol. The number of rotatable bonds is 4. The fourth-order valence-electron chi connectivity index (χ4n) is 1.87. The van der Waals surface area contributed by atoms with Gasteiger partial charge in [0.25, 0.3) is 10.0 Å². The maximum absolute atomic E-state index is 13.6. The highest BCUT2D eigenvalue weighted by Gasteiger charge is 2.21. The normalized spacial score (nSPS) is 13.0. The van der Waals surface area contributed by atoms with Gasteiger partial charge in [0.15, 0.2) is 0 Å². The second-order valence-corrected chi connectivity index (χ2v) is 6.21. The van der Waals surface area contributed by atoms with Gasteiger partial charge in [-0.05, 0) is 36.8 Å². The van der Waals surface area contributed by atoms with Gasteiger partial charge in [0.2, 0.25) is 0 Å². The summed E-state index contributed by atoms with van der Waals surface area (Å²) in [6.45, 7) is 1.69. The van der Waals surface area contributed by atoms with Crippen LogP contribution >= 0.6 is 0 Å². The minimum atomic E-state index is -4.24. The third kappa shape index (κ3) is 3.37. The van der Waals surface area contributed by atoms with Gasteiger partial charge in [-0.15, -0.1) is 0 Å². The summed E-state index contributed by atoms with van der Waals surface area (Å²) in [5.41, 5.74) is 6.54. The van der Waals surface area contributed by atoms with Gasteiger partial charge in [-0.2, -0.15) is 0 Å². The van der Waals surface area contributed by atoms with Gasteiger partial charge < -0.3 is 5.73 Å². The molecule has 0 aliphatic carbocycles. The zero-order valence-electron chi connectivity index (χ0n) is 11.2. The second kappa shape index (κ2) is 5.79. The molecule has 0 heterocycles. The maximum Gasteiger partial charge on any atom is 0.264 e. The van der Waals surface area contributed by atoms with Gasteiger partial charge in [0.05, 0.1) is 5.69 Å². The highest BCUT2D eigenvalue weighted by Crippen LogP contribution is 2.25. The Kier molecular flexibility index (Phi) is 4.24. The van der Waals surface area contributed by atoms with Crippen LogP contribution in [0.1, 0.15) is 18.5 Å². The predicted octanol–water partition coefficient (Wildman–Crippen LogP) is 2.79. The zero-order valence-corrected chi connectivity index (χ0v) is 12.0. The molecule has 0 fully saturated rings. The third-order valence-corrected chi connectivity index (χ3v) is 4.26. The monoisotopic (exact) mass is 312 g/mol. The van der Waals surface area contributed by atoms with Gasteiger partial charge in [0.1, 0.15) is 16.5 Å². The van der Waals surface area contributed by atoms with E-state index in [2.05, 4.69) is 4.72 Å². The lowest BCUT2D eigenvalue weighted by molar-refractivity contribution is 0.555. The van der Waals surface area contributed by atoms with E-state index in [1.54, 1.807) is 25.1 Å². The summed E-state index contributed by atoms with van der Waals surface area (Å²) >= 11 is 0. The van der Waals surface area contributed by atoms with E-state index in [9.17, 15) is 17.2 Å². The average Bonchev–Trinajstić information content (AvgIpc) is 2.41. The summed E-state index contributed by atoms with van der Waals surface area (Å²) in [4.78, 5) is -0.748. The fourth-order valence-corrected chi connectivity index (χ4v) is 3.05. The van der Waals surface area contributed by atoms with Crippen molar-refractivity contribution in [3.05, 3.63) is 59.7 Å². The molecular formula is C14H14F2N2O2S. The first-order chi connectivity index (χ1) is 9.81. The number of hydrogen-bond acceptors (Lipinski definition) is 3. The minimum absolute atomic E-state index is 0.233. The van der Waals surface area contributed by atoms with Crippen LogP contribution in [-0.4, -0.2) is 8.42 Å². The van der Waals surface area contributed by atoms with Crippen molar-refractivity contribution in [1.29, 1.82) is 0 Å². The molecular weight excluding hydrogens is 298 g/mol. The molecule has 0 saturated heterocycles. The SMILES string of the molecule is CC(N)c1ccccc1NS(=O)(=O)c1cc(F)ccc1F. The number of anilines is 1. The fraction of sp³-hybridized carbons (Fsp3) is 0.143. The standard InChI is InChI=1S/C14H14F2N2O2S/c1-9(17)11-4-2-3-5-13(11)18-21(19,20)14-8-10(15)6-7-12(14)16/h2-9,18H,17H2,1H3. The lowest BCUT2D eigenvalue weighted by atomic mass is 10.1. The lowest BCUT2D eigenvalue weighted by Gasteiger charge is -2.15. The van der Waals surface area contributed by atoms with E-state index in [0.717, 1.165) is 12.1 Å². The molecule has 3 N–H and O–H groups in total. The zero-order chi connectivity index (χ0) is 15.6. The molecule has 0 amide bonds. The van der Waals surface area contributed by atoms with E-state index in [4.69, 9.17) is 5.73 Å². The van der Waals surface area contributed by atoms with Crippen molar-refractivity contribution in [1.82, 2.24) is 0 Å². The Bertz CT molecular complexity index is 761. The summed E-state index contributed by atoms with van der Waals surface area (Å²) in [6, 6.07) is 8.32. The molecule has 0 aromatic heterocycles. The molecule has 2 aromatic rings. The molecule has 1 atom stereocenters. The van der Waals surface area contributed by atoms with Crippen LogP contribution in [-0.2, 0) is 10.0 Å². The Hall–Kier alpha value is -1.99. The van der Waals surface area contributed by atoms with Crippen molar-refractivity contribution in [2.24, 2.45) is 5.73 Å². The van der Waals surface area contributed by atoms with Crippen molar-refractivity contribution in [2.45, 2.75) is 17.9 Å². The summed E-state index contributed by atoms with van der Waals surface area (Å²) in [7, 11) is -4.24. The minimum Gasteiger partial charge on any atom is -0.324 e. The number of benzene rings is 2. The van der Waals surface area contributed by atoms with Gasteiger partial charge in [-0.1, -0.05) is 18.2 Å². The first-order valence-electron chi connectivity index (χ1n) is 6.13.